The number of halogens is 1. The number of benzene rings is 2. The number of nitrogens with zero attached hydrogens (tertiary/aromatic N) is 1. The quantitative estimate of drug-likeness (QED) is 0.0958. The van der Waals surface area contributed by atoms with Crippen molar-refractivity contribution in [3.63, 3.8) is 0 Å². The lowest BCUT2D eigenvalue weighted by atomic mass is 9.95. The van der Waals surface area contributed by atoms with E-state index in [9.17, 15) is 14.7 Å². The Balaban J connectivity index is 1.70. The molecule has 2 aromatic rings. The van der Waals surface area contributed by atoms with Crippen LogP contribution in [0, 0.1) is 12.3 Å². The van der Waals surface area contributed by atoms with E-state index < -0.39 is 24.3 Å². The van der Waals surface area contributed by atoms with Gasteiger partial charge in [-0.05, 0) is 49.7 Å². The molecule has 0 aliphatic carbocycles. The molecule has 0 saturated heterocycles. The number of carbonyl (C=O) groups excluding carboxylic acids is 2. The minimum Gasteiger partial charge on any atom is -0.490 e. The van der Waals surface area contributed by atoms with E-state index >= 15 is 0 Å². The minimum absolute atomic E-state index is 0.108. The zero-order chi connectivity index (χ0) is 28.4. The molecule has 1 heterocycles. The minimum atomic E-state index is -1.15. The van der Waals surface area contributed by atoms with Crippen LogP contribution in [0.15, 0.2) is 57.2 Å². The summed E-state index contributed by atoms with van der Waals surface area (Å²) >= 11 is 3.40. The Bertz CT molecular complexity index is 1310. The highest BCUT2D eigenvalue weighted by atomic mass is 79.9. The third-order valence-corrected chi connectivity index (χ3v) is 5.88. The number of methoxy groups -OCH3 is 1. The number of hydrogen-bond acceptors (Lipinski definition) is 9. The van der Waals surface area contributed by atoms with E-state index in [1.807, 2.05) is 6.07 Å². The molecule has 3 rings (SSSR count). The number of hydrogen-bond donors (Lipinski definition) is 4. The first-order valence-corrected chi connectivity index (χ1v) is 12.6. The summed E-state index contributed by atoms with van der Waals surface area (Å²) in [6, 6.07) is 9.13. The number of carbonyl (C=O) groups is 2. The molecule has 0 spiro atoms. The van der Waals surface area contributed by atoms with E-state index in [1.165, 1.54) is 13.3 Å². The van der Waals surface area contributed by atoms with Crippen LogP contribution in [0.25, 0.3) is 0 Å². The summed E-state index contributed by atoms with van der Waals surface area (Å²) in [5, 5.41) is 19.7. The fourth-order valence-electron chi connectivity index (χ4n) is 3.69. The van der Waals surface area contributed by atoms with Gasteiger partial charge in [0.2, 0.25) is 0 Å². The Hall–Kier alpha value is -4.21. The number of urea groups is 1. The second kappa shape index (κ2) is 14.1. The average Bonchev–Trinajstić information content (AvgIpc) is 2.91. The van der Waals surface area contributed by atoms with Gasteiger partial charge in [0.1, 0.15) is 19.0 Å². The largest absolute Gasteiger partial charge is 0.490 e. The normalized spacial score (nSPS) is 15.6. The first-order valence-electron chi connectivity index (χ1n) is 11.9. The Morgan fingerprint density at radius 1 is 1.23 bits per heavy atom. The van der Waals surface area contributed by atoms with Crippen molar-refractivity contribution in [2.45, 2.75) is 26.1 Å². The maximum absolute atomic E-state index is 12.4. The molecule has 0 bridgehead atoms. The van der Waals surface area contributed by atoms with Crippen molar-refractivity contribution >= 4 is 34.1 Å². The van der Waals surface area contributed by atoms with Gasteiger partial charge in [-0.3, -0.25) is 5.43 Å². The predicted molar refractivity (Wildman–Crippen MR) is 147 cm³/mol. The van der Waals surface area contributed by atoms with Crippen LogP contribution in [0.5, 0.6) is 17.2 Å². The molecule has 4 N–H and O–H groups in total. The monoisotopic (exact) mass is 600 g/mol. The van der Waals surface area contributed by atoms with E-state index in [1.54, 1.807) is 44.2 Å². The lowest BCUT2D eigenvalue weighted by Crippen LogP contribution is -2.45. The molecular weight excluding hydrogens is 572 g/mol. The van der Waals surface area contributed by atoms with Crippen molar-refractivity contribution in [2.75, 3.05) is 26.9 Å². The standard InChI is InChI=1S/C27H29BrN4O7/c1-5-11-38-20-10-8-19(28)12-18(20)14-29-32-23(33)15-39-21-9-7-17(13-22(21)37-6-2)25-24(26(34)36-4)16(3)30-27(35)31-25/h1,7-10,12-14,23,25,32-33H,6,11,15H2,2-4H3,(H2,30,31,35)/b29-14+/t23-,25+/m1/s1. The van der Waals surface area contributed by atoms with Gasteiger partial charge >= 0.3 is 12.0 Å². The van der Waals surface area contributed by atoms with Gasteiger partial charge in [-0.15, -0.1) is 6.42 Å². The fraction of sp³-hybridized carbons (Fsp3) is 0.296. The molecule has 1 aliphatic rings. The number of amides is 2. The molecule has 2 aromatic carbocycles. The van der Waals surface area contributed by atoms with Gasteiger partial charge in [0.15, 0.2) is 17.7 Å². The van der Waals surface area contributed by atoms with E-state index in [-0.39, 0.29) is 18.8 Å². The molecule has 0 radical (unpaired) electrons. The Morgan fingerprint density at radius 3 is 2.72 bits per heavy atom. The number of allylic oxidation sites excluding steroid dienone is 1. The van der Waals surface area contributed by atoms with Crippen LogP contribution in [0.4, 0.5) is 4.79 Å². The molecular formula is C27H29BrN4O7. The molecule has 1 aliphatic heterocycles. The number of ether oxygens (including phenoxy) is 4. The smallest absolute Gasteiger partial charge is 0.337 e. The van der Waals surface area contributed by atoms with Gasteiger partial charge in [-0.1, -0.05) is 27.9 Å². The molecule has 0 fully saturated rings. The SMILES string of the molecule is C#CCOc1ccc(Br)cc1/C=N/N[C@H](O)COc1ccc([C@@H]2NC(=O)NC(C)=C2C(=O)OC)cc1OCC. The van der Waals surface area contributed by atoms with Crippen molar-refractivity contribution in [2.24, 2.45) is 5.10 Å². The summed E-state index contributed by atoms with van der Waals surface area (Å²) in [6.07, 6.45) is 5.60. The summed E-state index contributed by atoms with van der Waals surface area (Å²) in [7, 11) is 1.27. The van der Waals surface area contributed by atoms with Gasteiger partial charge in [-0.2, -0.15) is 5.10 Å². The van der Waals surface area contributed by atoms with E-state index in [0.29, 0.717) is 40.7 Å². The van der Waals surface area contributed by atoms with Gasteiger partial charge in [0.25, 0.3) is 0 Å². The van der Waals surface area contributed by atoms with Crippen LogP contribution < -0.4 is 30.3 Å². The third-order valence-electron chi connectivity index (χ3n) is 5.38. The van der Waals surface area contributed by atoms with Crippen molar-refractivity contribution in [1.82, 2.24) is 16.1 Å². The van der Waals surface area contributed by atoms with Gasteiger partial charge < -0.3 is 34.7 Å². The van der Waals surface area contributed by atoms with Crippen LogP contribution in [0.2, 0.25) is 0 Å². The van der Waals surface area contributed by atoms with Gasteiger partial charge in [0.05, 0.1) is 31.5 Å². The Labute approximate surface area is 234 Å². The molecule has 12 heteroatoms. The first kappa shape index (κ1) is 29.3. The zero-order valence-corrected chi connectivity index (χ0v) is 23.2. The molecule has 2 atom stereocenters. The molecule has 0 saturated carbocycles. The van der Waals surface area contributed by atoms with Crippen molar-refractivity contribution in [3.8, 4) is 29.6 Å². The number of aliphatic hydroxyl groups is 1. The molecule has 39 heavy (non-hydrogen) atoms. The highest BCUT2D eigenvalue weighted by Crippen LogP contribution is 2.35. The van der Waals surface area contributed by atoms with Crippen molar-refractivity contribution in [1.29, 1.82) is 0 Å². The van der Waals surface area contributed by atoms with E-state index in [0.717, 1.165) is 4.47 Å². The lowest BCUT2D eigenvalue weighted by molar-refractivity contribution is -0.136. The summed E-state index contributed by atoms with van der Waals surface area (Å²) < 4.78 is 22.7. The van der Waals surface area contributed by atoms with E-state index in [2.05, 4.69) is 43.0 Å². The average molecular weight is 601 g/mol. The second-order valence-electron chi connectivity index (χ2n) is 8.09. The number of aliphatic hydroxyl groups excluding tert-OH is 1. The summed E-state index contributed by atoms with van der Waals surface area (Å²) in [5.41, 5.74) is 4.48. The molecule has 206 valence electrons. The highest BCUT2D eigenvalue weighted by molar-refractivity contribution is 9.10. The second-order valence-corrected chi connectivity index (χ2v) is 9.01. The summed E-state index contributed by atoms with van der Waals surface area (Å²) in [4.78, 5) is 24.5. The number of hydrazone groups is 1. The topological polar surface area (TPSA) is 140 Å². The third kappa shape index (κ3) is 7.89. The predicted octanol–water partition coefficient (Wildman–Crippen LogP) is 2.98. The number of esters is 1. The van der Waals surface area contributed by atoms with Crippen LogP contribution in [-0.4, -0.2) is 56.5 Å². The Kier molecular flexibility index (Phi) is 10.6. The highest BCUT2D eigenvalue weighted by Gasteiger charge is 2.32. The van der Waals surface area contributed by atoms with Crippen LogP contribution >= 0.6 is 15.9 Å². The molecule has 11 nitrogen and oxygen atoms in total. The number of rotatable bonds is 12. The fourth-order valence-corrected chi connectivity index (χ4v) is 4.06. The van der Waals surface area contributed by atoms with Crippen LogP contribution in [0.3, 0.4) is 0 Å². The molecule has 0 aromatic heterocycles. The summed E-state index contributed by atoms with van der Waals surface area (Å²) in [5.74, 6) is 3.09. The lowest BCUT2D eigenvalue weighted by Gasteiger charge is -2.28. The van der Waals surface area contributed by atoms with Gasteiger partial charge in [0, 0.05) is 15.7 Å². The van der Waals surface area contributed by atoms with Crippen LogP contribution in [0.1, 0.15) is 31.0 Å². The van der Waals surface area contributed by atoms with Crippen molar-refractivity contribution in [3.05, 3.63) is 63.3 Å². The zero-order valence-electron chi connectivity index (χ0n) is 21.6. The maximum atomic E-state index is 12.4. The number of nitrogens with one attached hydrogen (secondary N) is 3. The number of terminal acetylenes is 1. The summed E-state index contributed by atoms with van der Waals surface area (Å²) in [6.45, 7) is 3.71. The van der Waals surface area contributed by atoms with E-state index in [4.69, 9.17) is 25.4 Å². The van der Waals surface area contributed by atoms with Crippen LogP contribution in [-0.2, 0) is 9.53 Å². The maximum Gasteiger partial charge on any atom is 0.337 e. The Morgan fingerprint density at radius 2 is 2.00 bits per heavy atom. The van der Waals surface area contributed by atoms with Gasteiger partial charge in [-0.25, -0.2) is 9.59 Å². The molecule has 2 amide bonds. The van der Waals surface area contributed by atoms with Crippen molar-refractivity contribution < 1.29 is 33.6 Å². The first-order chi connectivity index (χ1) is 18.8. The molecule has 0 unspecified atom stereocenters.